The highest BCUT2D eigenvalue weighted by atomic mass is 32.2. The number of carbonyl (C=O) groups is 2. The van der Waals surface area contributed by atoms with Crippen LogP contribution in [0, 0.1) is 0 Å². The van der Waals surface area contributed by atoms with Crippen LogP contribution in [-0.2, 0) is 11.8 Å². The number of nitrogens with zero attached hydrogens (tertiary/aromatic N) is 4. The van der Waals surface area contributed by atoms with Crippen molar-refractivity contribution in [3.63, 3.8) is 0 Å². The summed E-state index contributed by atoms with van der Waals surface area (Å²) in [6.07, 6.45) is -0.387. The summed E-state index contributed by atoms with van der Waals surface area (Å²) >= 11 is 1.26. The minimum atomic E-state index is -0.464. The third-order valence-corrected chi connectivity index (χ3v) is 5.54. The van der Waals surface area contributed by atoms with Crippen LogP contribution in [0.2, 0.25) is 0 Å². The molecule has 0 bridgehead atoms. The molecule has 2 aromatic rings. The van der Waals surface area contributed by atoms with Crippen LogP contribution in [0.15, 0.2) is 29.4 Å². The summed E-state index contributed by atoms with van der Waals surface area (Å²) in [7, 11) is 1.82. The summed E-state index contributed by atoms with van der Waals surface area (Å²) < 4.78 is 13.5. The molecule has 0 spiro atoms. The van der Waals surface area contributed by atoms with Crippen LogP contribution < -0.4 is 14.8 Å². The van der Waals surface area contributed by atoms with Crippen molar-refractivity contribution in [3.8, 4) is 11.5 Å². The zero-order valence-electron chi connectivity index (χ0n) is 14.9. The van der Waals surface area contributed by atoms with Gasteiger partial charge in [0.1, 0.15) is 6.61 Å². The fourth-order valence-corrected chi connectivity index (χ4v) is 3.85. The minimum absolute atomic E-state index is 0.245. The summed E-state index contributed by atoms with van der Waals surface area (Å²) in [5.74, 6) is 1.74. The number of para-hydroxylation sites is 2. The average Bonchev–Trinajstić information content (AvgIpc) is 3.26. The maximum Gasteiger partial charge on any atom is 0.324 e. The van der Waals surface area contributed by atoms with Gasteiger partial charge in [-0.15, -0.1) is 10.2 Å². The molecular formula is C17H19N5O4S. The Kier molecular flexibility index (Phi) is 4.65. The van der Waals surface area contributed by atoms with E-state index in [1.807, 2.05) is 31.3 Å². The second kappa shape index (κ2) is 7.10. The van der Waals surface area contributed by atoms with Crippen molar-refractivity contribution >= 4 is 23.7 Å². The quantitative estimate of drug-likeness (QED) is 0.789. The van der Waals surface area contributed by atoms with Crippen molar-refractivity contribution in [2.45, 2.75) is 23.4 Å². The number of imide groups is 1. The smallest absolute Gasteiger partial charge is 0.324 e. The number of hydrogen-bond acceptors (Lipinski definition) is 7. The largest absolute Gasteiger partial charge is 0.485 e. The van der Waals surface area contributed by atoms with Crippen molar-refractivity contribution in [1.29, 1.82) is 0 Å². The number of nitrogens with one attached hydrogen (secondary N) is 1. The average molecular weight is 389 g/mol. The van der Waals surface area contributed by atoms with Gasteiger partial charge in [-0.3, -0.25) is 9.69 Å². The fraction of sp³-hybridized carbons (Fsp3) is 0.412. The second-order valence-electron chi connectivity index (χ2n) is 6.25. The Bertz CT molecular complexity index is 886. The van der Waals surface area contributed by atoms with Crippen LogP contribution in [0.4, 0.5) is 4.79 Å². The van der Waals surface area contributed by atoms with Gasteiger partial charge in [-0.1, -0.05) is 23.9 Å². The zero-order chi connectivity index (χ0) is 19.0. The van der Waals surface area contributed by atoms with Crippen LogP contribution in [0.1, 0.15) is 18.9 Å². The number of thioether (sulfide) groups is 1. The van der Waals surface area contributed by atoms with E-state index >= 15 is 0 Å². The van der Waals surface area contributed by atoms with Gasteiger partial charge in [-0.05, 0) is 19.1 Å². The highest BCUT2D eigenvalue weighted by molar-refractivity contribution is 8.00. The van der Waals surface area contributed by atoms with E-state index in [9.17, 15) is 9.59 Å². The molecule has 2 atom stereocenters. The normalized spacial score (nSPS) is 19.7. The molecular weight excluding hydrogens is 370 g/mol. The van der Waals surface area contributed by atoms with Gasteiger partial charge in [0.2, 0.25) is 5.91 Å². The maximum absolute atomic E-state index is 12.5. The van der Waals surface area contributed by atoms with Gasteiger partial charge in [0, 0.05) is 20.1 Å². The number of urea groups is 1. The minimum Gasteiger partial charge on any atom is -0.485 e. The molecule has 1 aromatic heterocycles. The van der Waals surface area contributed by atoms with Crippen LogP contribution in [0.25, 0.3) is 0 Å². The predicted octanol–water partition coefficient (Wildman–Crippen LogP) is 1.36. The van der Waals surface area contributed by atoms with Crippen LogP contribution >= 0.6 is 11.8 Å². The molecule has 2 aliphatic heterocycles. The summed E-state index contributed by atoms with van der Waals surface area (Å²) in [6.45, 7) is 2.95. The van der Waals surface area contributed by atoms with Gasteiger partial charge >= 0.3 is 6.03 Å². The Morgan fingerprint density at radius 2 is 2.11 bits per heavy atom. The van der Waals surface area contributed by atoms with E-state index in [0.717, 1.165) is 0 Å². The van der Waals surface area contributed by atoms with Crippen molar-refractivity contribution in [2.24, 2.45) is 7.05 Å². The van der Waals surface area contributed by atoms with Gasteiger partial charge < -0.3 is 19.4 Å². The van der Waals surface area contributed by atoms with Gasteiger partial charge in [-0.25, -0.2) is 4.79 Å². The van der Waals surface area contributed by atoms with Crippen molar-refractivity contribution in [3.05, 3.63) is 30.1 Å². The molecule has 9 nitrogen and oxygen atoms in total. The molecule has 4 rings (SSSR count). The number of rotatable bonds is 4. The third-order valence-electron chi connectivity index (χ3n) is 4.42. The van der Waals surface area contributed by atoms with Gasteiger partial charge in [0.25, 0.3) is 0 Å². The van der Waals surface area contributed by atoms with Gasteiger partial charge in [0.15, 0.2) is 28.6 Å². The predicted molar refractivity (Wildman–Crippen MR) is 96.7 cm³/mol. The molecule has 2 aliphatic rings. The van der Waals surface area contributed by atoms with Gasteiger partial charge in [0.05, 0.1) is 5.25 Å². The topological polar surface area (TPSA) is 98.6 Å². The van der Waals surface area contributed by atoms with E-state index in [2.05, 4.69) is 15.5 Å². The molecule has 1 saturated heterocycles. The molecule has 1 fully saturated rings. The monoisotopic (exact) mass is 389 g/mol. The summed E-state index contributed by atoms with van der Waals surface area (Å²) in [5, 5.41) is 11.1. The fourth-order valence-electron chi connectivity index (χ4n) is 2.97. The van der Waals surface area contributed by atoms with E-state index in [1.165, 1.54) is 16.7 Å². The molecule has 142 valence electrons. The third kappa shape index (κ3) is 3.32. The number of ether oxygens (including phenoxy) is 2. The standard InChI is InChI=1S/C17H19N5O4S/c1-10(15(23)22-8-7-18-16(22)24)27-17-20-19-14(21(17)2)13-9-25-11-5-3-4-6-12(11)26-13/h3-6,10,13H,7-9H2,1-2H3,(H,18,24). The Morgan fingerprint density at radius 3 is 2.85 bits per heavy atom. The molecule has 3 amide bonds. The van der Waals surface area contributed by atoms with Crippen LogP contribution in [0.3, 0.4) is 0 Å². The first-order chi connectivity index (χ1) is 13.0. The Hall–Kier alpha value is -2.75. The number of benzene rings is 1. The SMILES string of the molecule is CC(Sc1nnc(C2COc3ccccc3O2)n1C)C(=O)N1CCNC1=O. The van der Waals surface area contributed by atoms with Crippen LogP contribution in [-0.4, -0.2) is 56.5 Å². The van der Waals surface area contributed by atoms with E-state index < -0.39 is 5.25 Å². The molecule has 10 heteroatoms. The van der Waals surface area contributed by atoms with E-state index in [-0.39, 0.29) is 18.0 Å². The number of aromatic nitrogens is 3. The second-order valence-corrected chi connectivity index (χ2v) is 7.55. The first-order valence-electron chi connectivity index (χ1n) is 8.58. The zero-order valence-corrected chi connectivity index (χ0v) is 15.7. The molecule has 2 unspecified atom stereocenters. The van der Waals surface area contributed by atoms with Crippen LogP contribution in [0.5, 0.6) is 11.5 Å². The van der Waals surface area contributed by atoms with E-state index in [0.29, 0.717) is 42.2 Å². The Labute approximate surface area is 160 Å². The molecule has 27 heavy (non-hydrogen) atoms. The highest BCUT2D eigenvalue weighted by Crippen LogP contribution is 2.36. The lowest BCUT2D eigenvalue weighted by atomic mass is 10.2. The number of hydrogen-bond donors (Lipinski definition) is 1. The first kappa shape index (κ1) is 17.7. The molecule has 0 aliphatic carbocycles. The molecule has 3 heterocycles. The first-order valence-corrected chi connectivity index (χ1v) is 9.46. The molecule has 0 saturated carbocycles. The summed E-state index contributed by atoms with van der Waals surface area (Å²) in [5.41, 5.74) is 0. The molecule has 0 radical (unpaired) electrons. The highest BCUT2D eigenvalue weighted by Gasteiger charge is 2.32. The van der Waals surface area contributed by atoms with Crippen molar-refractivity contribution in [1.82, 2.24) is 25.0 Å². The lowest BCUT2D eigenvalue weighted by molar-refractivity contribution is -0.126. The van der Waals surface area contributed by atoms with E-state index in [4.69, 9.17) is 9.47 Å². The number of carbonyl (C=O) groups excluding carboxylic acids is 2. The maximum atomic E-state index is 12.5. The van der Waals surface area contributed by atoms with Crippen molar-refractivity contribution in [2.75, 3.05) is 19.7 Å². The van der Waals surface area contributed by atoms with Crippen molar-refractivity contribution < 1.29 is 19.1 Å². The molecule has 1 N–H and O–H groups in total. The number of fused-ring (bicyclic) bond motifs is 1. The lowest BCUT2D eigenvalue weighted by Gasteiger charge is -2.25. The number of amides is 3. The summed E-state index contributed by atoms with van der Waals surface area (Å²) in [4.78, 5) is 25.4. The Morgan fingerprint density at radius 1 is 1.33 bits per heavy atom. The Balaban J connectivity index is 1.46. The van der Waals surface area contributed by atoms with E-state index in [1.54, 1.807) is 11.5 Å². The molecule has 1 aromatic carbocycles. The lowest BCUT2D eigenvalue weighted by Crippen LogP contribution is -2.39. The van der Waals surface area contributed by atoms with Gasteiger partial charge in [-0.2, -0.15) is 0 Å². The summed E-state index contributed by atoms with van der Waals surface area (Å²) in [6, 6.07) is 7.11.